The molecule has 1 aliphatic heterocycles. The molecule has 2 amide bonds. The highest BCUT2D eigenvalue weighted by Gasteiger charge is 2.23. The van der Waals surface area contributed by atoms with Crippen LogP contribution in [0.2, 0.25) is 0 Å². The van der Waals surface area contributed by atoms with E-state index in [1.165, 1.54) is 25.1 Å². The molecule has 1 heterocycles. The molecule has 0 saturated carbocycles. The van der Waals surface area contributed by atoms with Crippen molar-refractivity contribution in [1.82, 2.24) is 9.80 Å². The molecule has 0 radical (unpaired) electrons. The molecule has 1 fully saturated rings. The number of benzene rings is 1. The van der Waals surface area contributed by atoms with Crippen LogP contribution in [0.5, 0.6) is 0 Å². The van der Waals surface area contributed by atoms with Crippen LogP contribution in [0.3, 0.4) is 0 Å². The summed E-state index contributed by atoms with van der Waals surface area (Å²) in [5.74, 6) is -0.575. The number of piperazine rings is 1. The molecule has 0 atom stereocenters. The van der Waals surface area contributed by atoms with Crippen LogP contribution in [-0.4, -0.2) is 47.8 Å². The van der Waals surface area contributed by atoms with Crippen molar-refractivity contribution in [2.24, 2.45) is 0 Å². The Balaban J connectivity index is 2.02. The third kappa shape index (κ3) is 2.67. The zero-order valence-corrected chi connectivity index (χ0v) is 10.2. The van der Waals surface area contributed by atoms with E-state index in [0.717, 1.165) is 0 Å². The maximum Gasteiger partial charge on any atom is 0.254 e. The van der Waals surface area contributed by atoms with Gasteiger partial charge >= 0.3 is 0 Å². The normalized spacial score (nSPS) is 15.7. The van der Waals surface area contributed by atoms with Crippen LogP contribution in [0.1, 0.15) is 17.3 Å². The van der Waals surface area contributed by atoms with Crippen molar-refractivity contribution >= 4 is 11.8 Å². The van der Waals surface area contributed by atoms with Crippen molar-refractivity contribution in [3.63, 3.8) is 0 Å². The van der Waals surface area contributed by atoms with Gasteiger partial charge in [-0.05, 0) is 18.2 Å². The Morgan fingerprint density at radius 2 is 1.72 bits per heavy atom. The second-order valence-electron chi connectivity index (χ2n) is 4.31. The molecule has 0 spiro atoms. The molecular weight excluding hydrogens is 235 g/mol. The largest absolute Gasteiger partial charge is 0.339 e. The van der Waals surface area contributed by atoms with Crippen LogP contribution >= 0.6 is 0 Å². The standard InChI is InChI=1S/C13H15FN2O2/c1-10(17)15-5-7-16(8-6-15)13(18)11-3-2-4-12(14)9-11/h2-4,9H,5-8H2,1H3. The summed E-state index contributed by atoms with van der Waals surface area (Å²) in [5.41, 5.74) is 0.353. The van der Waals surface area contributed by atoms with Gasteiger partial charge in [0.25, 0.3) is 5.91 Å². The summed E-state index contributed by atoms with van der Waals surface area (Å²) < 4.78 is 13.0. The van der Waals surface area contributed by atoms with E-state index in [9.17, 15) is 14.0 Å². The van der Waals surface area contributed by atoms with Crippen LogP contribution in [0.4, 0.5) is 4.39 Å². The molecule has 2 rings (SSSR count). The number of halogens is 1. The van der Waals surface area contributed by atoms with E-state index >= 15 is 0 Å². The molecule has 1 aromatic carbocycles. The molecule has 0 aliphatic carbocycles. The summed E-state index contributed by atoms with van der Waals surface area (Å²) in [6, 6.07) is 5.67. The molecular formula is C13H15FN2O2. The fourth-order valence-corrected chi connectivity index (χ4v) is 2.03. The summed E-state index contributed by atoms with van der Waals surface area (Å²) in [6.07, 6.45) is 0. The second kappa shape index (κ2) is 5.16. The summed E-state index contributed by atoms with van der Waals surface area (Å²) in [5, 5.41) is 0. The van der Waals surface area contributed by atoms with Gasteiger partial charge in [0.05, 0.1) is 0 Å². The van der Waals surface area contributed by atoms with Gasteiger partial charge in [-0.25, -0.2) is 4.39 Å². The lowest BCUT2D eigenvalue weighted by Gasteiger charge is -2.34. The van der Waals surface area contributed by atoms with Gasteiger partial charge in [0, 0.05) is 38.7 Å². The lowest BCUT2D eigenvalue weighted by Crippen LogP contribution is -2.50. The van der Waals surface area contributed by atoms with Crippen molar-refractivity contribution in [1.29, 1.82) is 0 Å². The Bertz CT molecular complexity index is 468. The maximum absolute atomic E-state index is 13.0. The van der Waals surface area contributed by atoms with E-state index in [4.69, 9.17) is 0 Å². The minimum Gasteiger partial charge on any atom is -0.339 e. The molecule has 1 aromatic rings. The Hall–Kier alpha value is -1.91. The van der Waals surface area contributed by atoms with Gasteiger partial charge in [-0.15, -0.1) is 0 Å². The summed E-state index contributed by atoms with van der Waals surface area (Å²) >= 11 is 0. The van der Waals surface area contributed by atoms with Crippen molar-refractivity contribution in [2.75, 3.05) is 26.2 Å². The smallest absolute Gasteiger partial charge is 0.254 e. The predicted molar refractivity (Wildman–Crippen MR) is 64.6 cm³/mol. The molecule has 0 bridgehead atoms. The Labute approximate surface area is 105 Å². The number of rotatable bonds is 1. The highest BCUT2D eigenvalue weighted by atomic mass is 19.1. The van der Waals surface area contributed by atoms with Gasteiger partial charge in [0.1, 0.15) is 5.82 Å². The molecule has 4 nitrogen and oxygen atoms in total. The van der Waals surface area contributed by atoms with E-state index in [2.05, 4.69) is 0 Å². The molecule has 5 heteroatoms. The highest BCUT2D eigenvalue weighted by Crippen LogP contribution is 2.10. The maximum atomic E-state index is 13.0. The number of carbonyl (C=O) groups is 2. The molecule has 0 N–H and O–H groups in total. The van der Waals surface area contributed by atoms with Crippen molar-refractivity contribution in [3.8, 4) is 0 Å². The molecule has 1 saturated heterocycles. The van der Waals surface area contributed by atoms with Crippen molar-refractivity contribution < 1.29 is 14.0 Å². The topological polar surface area (TPSA) is 40.6 Å². The SMILES string of the molecule is CC(=O)N1CCN(C(=O)c2cccc(F)c2)CC1. The minimum absolute atomic E-state index is 0.0212. The Morgan fingerprint density at radius 1 is 1.11 bits per heavy atom. The van der Waals surface area contributed by atoms with Crippen LogP contribution in [0.15, 0.2) is 24.3 Å². The van der Waals surface area contributed by atoms with E-state index in [1.54, 1.807) is 15.9 Å². The average molecular weight is 250 g/mol. The first-order valence-corrected chi connectivity index (χ1v) is 5.88. The van der Waals surface area contributed by atoms with Crippen molar-refractivity contribution in [2.45, 2.75) is 6.92 Å². The molecule has 96 valence electrons. The van der Waals surface area contributed by atoms with Gasteiger partial charge in [0.2, 0.25) is 5.91 Å². The van der Waals surface area contributed by atoms with E-state index in [-0.39, 0.29) is 11.8 Å². The van der Waals surface area contributed by atoms with Gasteiger partial charge in [0.15, 0.2) is 0 Å². The number of nitrogens with zero attached hydrogens (tertiary/aromatic N) is 2. The first kappa shape index (κ1) is 12.5. The molecule has 1 aliphatic rings. The number of hydrogen-bond acceptors (Lipinski definition) is 2. The predicted octanol–water partition coefficient (Wildman–Crippen LogP) is 1.13. The average Bonchev–Trinajstić information content (AvgIpc) is 2.38. The number of hydrogen-bond donors (Lipinski definition) is 0. The van der Waals surface area contributed by atoms with Crippen LogP contribution in [0, 0.1) is 5.82 Å². The van der Waals surface area contributed by atoms with Gasteiger partial charge in [-0.3, -0.25) is 9.59 Å². The van der Waals surface area contributed by atoms with Crippen LogP contribution in [-0.2, 0) is 4.79 Å². The van der Waals surface area contributed by atoms with E-state index < -0.39 is 5.82 Å². The van der Waals surface area contributed by atoms with E-state index in [0.29, 0.717) is 31.7 Å². The fraction of sp³-hybridized carbons (Fsp3) is 0.385. The van der Waals surface area contributed by atoms with Gasteiger partial charge in [-0.1, -0.05) is 6.07 Å². The third-order valence-corrected chi connectivity index (χ3v) is 3.08. The zero-order valence-electron chi connectivity index (χ0n) is 10.2. The lowest BCUT2D eigenvalue weighted by molar-refractivity contribution is -0.130. The van der Waals surface area contributed by atoms with Crippen LogP contribution in [0.25, 0.3) is 0 Å². The molecule has 0 unspecified atom stereocenters. The first-order chi connectivity index (χ1) is 8.58. The summed E-state index contributed by atoms with van der Waals surface area (Å²) in [4.78, 5) is 26.6. The van der Waals surface area contributed by atoms with Gasteiger partial charge in [-0.2, -0.15) is 0 Å². The first-order valence-electron chi connectivity index (χ1n) is 5.88. The number of amides is 2. The Kier molecular flexibility index (Phi) is 3.60. The van der Waals surface area contributed by atoms with E-state index in [1.807, 2.05) is 0 Å². The summed E-state index contributed by atoms with van der Waals surface area (Å²) in [6.45, 7) is 3.58. The third-order valence-electron chi connectivity index (χ3n) is 3.08. The lowest BCUT2D eigenvalue weighted by atomic mass is 10.1. The summed E-state index contributed by atoms with van der Waals surface area (Å²) in [7, 11) is 0. The van der Waals surface area contributed by atoms with Gasteiger partial charge < -0.3 is 9.80 Å². The molecule has 0 aromatic heterocycles. The quantitative estimate of drug-likeness (QED) is 0.749. The molecule has 18 heavy (non-hydrogen) atoms. The highest BCUT2D eigenvalue weighted by molar-refractivity contribution is 5.94. The second-order valence-corrected chi connectivity index (χ2v) is 4.31. The minimum atomic E-state index is -0.414. The number of carbonyl (C=O) groups excluding carboxylic acids is 2. The monoisotopic (exact) mass is 250 g/mol. The fourth-order valence-electron chi connectivity index (χ4n) is 2.03. The zero-order chi connectivity index (χ0) is 13.1. The Morgan fingerprint density at radius 3 is 2.28 bits per heavy atom. The van der Waals surface area contributed by atoms with Crippen molar-refractivity contribution in [3.05, 3.63) is 35.6 Å². The van der Waals surface area contributed by atoms with Crippen LogP contribution < -0.4 is 0 Å².